The summed E-state index contributed by atoms with van der Waals surface area (Å²) in [5, 5.41) is 3.10. The lowest BCUT2D eigenvalue weighted by Crippen LogP contribution is -2.37. The maximum absolute atomic E-state index is 13.1. The summed E-state index contributed by atoms with van der Waals surface area (Å²) in [6.07, 6.45) is 5.69. The van der Waals surface area contributed by atoms with Crippen LogP contribution in [0.3, 0.4) is 0 Å². The molecule has 2 aliphatic rings. The van der Waals surface area contributed by atoms with Crippen molar-refractivity contribution in [1.82, 2.24) is 9.62 Å². The SMILES string of the molecule is CCN(CC)S(=O)(=O)c1ccc(N2CCCCC2)c(C(=O)N[C@H](C)C2CC2)c1. The Hall–Kier alpha value is -1.60. The van der Waals surface area contributed by atoms with Crippen LogP contribution in [0.1, 0.15) is 63.2 Å². The molecule has 0 aromatic heterocycles. The summed E-state index contributed by atoms with van der Waals surface area (Å²) in [4.78, 5) is 15.5. The first kappa shape index (κ1) is 21.1. The Bertz CT molecular complexity index is 795. The van der Waals surface area contributed by atoms with E-state index in [9.17, 15) is 13.2 Å². The monoisotopic (exact) mass is 407 g/mol. The molecule has 1 aliphatic carbocycles. The number of nitrogens with one attached hydrogen (secondary N) is 1. The first-order valence-corrected chi connectivity index (χ1v) is 12.0. The Morgan fingerprint density at radius 3 is 2.39 bits per heavy atom. The lowest BCUT2D eigenvalue weighted by Gasteiger charge is -2.31. The Labute approximate surface area is 169 Å². The first-order valence-electron chi connectivity index (χ1n) is 10.6. The summed E-state index contributed by atoms with van der Waals surface area (Å²) in [5.74, 6) is 0.376. The van der Waals surface area contributed by atoms with Crippen LogP contribution < -0.4 is 10.2 Å². The van der Waals surface area contributed by atoms with Gasteiger partial charge >= 0.3 is 0 Å². The van der Waals surface area contributed by atoms with E-state index in [0.29, 0.717) is 24.6 Å². The van der Waals surface area contributed by atoms with Crippen LogP contribution in [0.5, 0.6) is 0 Å². The second kappa shape index (κ2) is 8.82. The number of nitrogens with zero attached hydrogens (tertiary/aromatic N) is 2. The molecule has 1 amide bonds. The summed E-state index contributed by atoms with van der Waals surface area (Å²) in [6.45, 7) is 8.32. The molecule has 0 bridgehead atoms. The van der Waals surface area contributed by atoms with Gasteiger partial charge < -0.3 is 10.2 Å². The van der Waals surface area contributed by atoms with Crippen molar-refractivity contribution >= 4 is 21.6 Å². The van der Waals surface area contributed by atoms with E-state index < -0.39 is 10.0 Å². The maximum Gasteiger partial charge on any atom is 0.253 e. The minimum absolute atomic E-state index is 0.116. The smallest absolute Gasteiger partial charge is 0.253 e. The van der Waals surface area contributed by atoms with E-state index in [1.165, 1.54) is 10.7 Å². The van der Waals surface area contributed by atoms with Crippen molar-refractivity contribution in [2.24, 2.45) is 5.92 Å². The molecule has 1 aliphatic heterocycles. The minimum atomic E-state index is -3.60. The molecule has 1 aromatic rings. The van der Waals surface area contributed by atoms with E-state index in [-0.39, 0.29) is 16.8 Å². The van der Waals surface area contributed by atoms with Crippen molar-refractivity contribution in [2.75, 3.05) is 31.1 Å². The van der Waals surface area contributed by atoms with Crippen LogP contribution in [-0.2, 0) is 10.0 Å². The van der Waals surface area contributed by atoms with Gasteiger partial charge in [0.15, 0.2) is 0 Å². The fourth-order valence-corrected chi connectivity index (χ4v) is 5.46. The van der Waals surface area contributed by atoms with Gasteiger partial charge in [0.2, 0.25) is 10.0 Å². The van der Waals surface area contributed by atoms with Gasteiger partial charge in [-0.05, 0) is 63.1 Å². The van der Waals surface area contributed by atoms with Crippen LogP contribution in [0.4, 0.5) is 5.69 Å². The van der Waals surface area contributed by atoms with E-state index >= 15 is 0 Å². The number of amides is 1. The highest BCUT2D eigenvalue weighted by Crippen LogP contribution is 2.33. The zero-order chi connectivity index (χ0) is 20.3. The Kier molecular flexibility index (Phi) is 6.65. The van der Waals surface area contributed by atoms with Crippen LogP contribution in [0, 0.1) is 5.92 Å². The molecular formula is C21H33N3O3S. The van der Waals surface area contributed by atoms with E-state index in [0.717, 1.165) is 44.5 Å². The van der Waals surface area contributed by atoms with E-state index in [1.807, 2.05) is 26.8 Å². The van der Waals surface area contributed by atoms with E-state index in [1.54, 1.807) is 12.1 Å². The molecule has 1 atom stereocenters. The van der Waals surface area contributed by atoms with Crippen LogP contribution in [0.2, 0.25) is 0 Å². The highest BCUT2D eigenvalue weighted by molar-refractivity contribution is 7.89. The highest BCUT2D eigenvalue weighted by Gasteiger charge is 2.31. The fraction of sp³-hybridized carbons (Fsp3) is 0.667. The van der Waals surface area contributed by atoms with E-state index in [4.69, 9.17) is 0 Å². The largest absolute Gasteiger partial charge is 0.371 e. The summed E-state index contributed by atoms with van der Waals surface area (Å²) in [7, 11) is -3.60. The fourth-order valence-electron chi connectivity index (χ4n) is 3.98. The number of sulfonamides is 1. The number of rotatable bonds is 8. The van der Waals surface area contributed by atoms with Crippen molar-refractivity contribution < 1.29 is 13.2 Å². The number of piperidine rings is 1. The standard InChI is InChI=1S/C21H33N3O3S/c1-4-24(5-2)28(26,27)18-11-12-20(23-13-7-6-8-14-23)19(15-18)21(25)22-16(3)17-9-10-17/h11-12,15-17H,4-10,13-14H2,1-3H3,(H,22,25)/t16-/m1/s1. The third-order valence-corrected chi connectivity index (χ3v) is 7.99. The molecule has 1 saturated carbocycles. The number of anilines is 1. The molecule has 156 valence electrons. The van der Waals surface area contributed by atoms with Crippen LogP contribution in [0.15, 0.2) is 23.1 Å². The lowest BCUT2D eigenvalue weighted by atomic mass is 10.1. The average molecular weight is 408 g/mol. The van der Waals surface area contributed by atoms with Crippen molar-refractivity contribution in [2.45, 2.75) is 63.8 Å². The average Bonchev–Trinajstić information content (AvgIpc) is 3.54. The van der Waals surface area contributed by atoms with Crippen molar-refractivity contribution in [3.05, 3.63) is 23.8 Å². The molecule has 0 spiro atoms. The molecule has 1 aromatic carbocycles. The Morgan fingerprint density at radius 1 is 1.18 bits per heavy atom. The number of carbonyl (C=O) groups is 1. The molecule has 0 unspecified atom stereocenters. The third-order valence-electron chi connectivity index (χ3n) is 5.94. The summed E-state index contributed by atoms with van der Waals surface area (Å²) >= 11 is 0. The first-order chi connectivity index (χ1) is 13.4. The summed E-state index contributed by atoms with van der Waals surface area (Å²) < 4.78 is 27.4. The molecule has 1 N–H and O–H groups in total. The number of carbonyl (C=O) groups excluding carboxylic acids is 1. The highest BCUT2D eigenvalue weighted by atomic mass is 32.2. The van der Waals surface area contributed by atoms with Crippen molar-refractivity contribution in [3.8, 4) is 0 Å². The molecule has 0 radical (unpaired) electrons. The van der Waals surface area contributed by atoms with Crippen LogP contribution >= 0.6 is 0 Å². The summed E-state index contributed by atoms with van der Waals surface area (Å²) in [5.41, 5.74) is 1.32. The topological polar surface area (TPSA) is 69.7 Å². The molecular weight excluding hydrogens is 374 g/mol. The molecule has 2 fully saturated rings. The molecule has 3 rings (SSSR count). The second-order valence-electron chi connectivity index (χ2n) is 7.92. The molecule has 1 saturated heterocycles. The number of hydrogen-bond acceptors (Lipinski definition) is 4. The van der Waals surface area contributed by atoms with Gasteiger partial charge in [-0.3, -0.25) is 4.79 Å². The van der Waals surface area contributed by atoms with Gasteiger partial charge in [-0.2, -0.15) is 4.31 Å². The van der Waals surface area contributed by atoms with Gasteiger partial charge in [0.25, 0.3) is 5.91 Å². The van der Waals surface area contributed by atoms with Gasteiger partial charge in [0.1, 0.15) is 0 Å². The minimum Gasteiger partial charge on any atom is -0.371 e. The maximum atomic E-state index is 13.1. The lowest BCUT2D eigenvalue weighted by molar-refractivity contribution is 0.0936. The van der Waals surface area contributed by atoms with Crippen molar-refractivity contribution in [3.63, 3.8) is 0 Å². The molecule has 1 heterocycles. The van der Waals surface area contributed by atoms with Crippen LogP contribution in [-0.4, -0.2) is 50.9 Å². The van der Waals surface area contributed by atoms with Gasteiger partial charge in [0, 0.05) is 37.9 Å². The van der Waals surface area contributed by atoms with Gasteiger partial charge in [-0.25, -0.2) is 8.42 Å². The Morgan fingerprint density at radius 2 is 1.82 bits per heavy atom. The molecule has 6 nitrogen and oxygen atoms in total. The predicted octanol–water partition coefficient (Wildman–Crippen LogP) is 3.24. The van der Waals surface area contributed by atoms with E-state index in [2.05, 4.69) is 10.2 Å². The number of hydrogen-bond donors (Lipinski definition) is 1. The normalized spacial score (nSPS) is 18.9. The van der Waals surface area contributed by atoms with Gasteiger partial charge in [-0.15, -0.1) is 0 Å². The predicted molar refractivity (Wildman–Crippen MR) is 112 cm³/mol. The van der Waals surface area contributed by atoms with Crippen LogP contribution in [0.25, 0.3) is 0 Å². The number of benzene rings is 1. The van der Waals surface area contributed by atoms with Gasteiger partial charge in [-0.1, -0.05) is 13.8 Å². The summed E-state index contributed by atoms with van der Waals surface area (Å²) in [6, 6.07) is 5.16. The van der Waals surface area contributed by atoms with Gasteiger partial charge in [0.05, 0.1) is 10.5 Å². The quantitative estimate of drug-likeness (QED) is 0.718. The Balaban J connectivity index is 1.97. The van der Waals surface area contributed by atoms with Crippen molar-refractivity contribution in [1.29, 1.82) is 0 Å². The zero-order valence-corrected chi connectivity index (χ0v) is 18.1. The molecule has 7 heteroatoms. The zero-order valence-electron chi connectivity index (χ0n) is 17.3. The second-order valence-corrected chi connectivity index (χ2v) is 9.85. The third kappa shape index (κ3) is 4.51. The molecule has 28 heavy (non-hydrogen) atoms.